The number of aromatic amines is 1. The molecule has 0 saturated carbocycles. The van der Waals surface area contributed by atoms with Crippen LogP contribution in [0.5, 0.6) is 0 Å². The number of sulfone groups is 1. The molecule has 170 valence electrons. The first kappa shape index (κ1) is 21.4. The largest absolute Gasteiger partial charge is 0.434 e. The number of hydrogen-bond acceptors (Lipinski definition) is 9. The number of nitrogens with two attached hydrogens (primary N) is 1. The molecular weight excluding hydrogens is 467 g/mol. The van der Waals surface area contributed by atoms with Gasteiger partial charge in [0.05, 0.1) is 17.7 Å². The average Bonchev–Trinajstić information content (AvgIpc) is 3.35. The molecule has 32 heavy (non-hydrogen) atoms. The van der Waals surface area contributed by atoms with E-state index in [-0.39, 0.29) is 33.9 Å². The predicted octanol–water partition coefficient (Wildman–Crippen LogP) is 1.73. The van der Waals surface area contributed by atoms with E-state index >= 15 is 0 Å². The van der Waals surface area contributed by atoms with Gasteiger partial charge in [0, 0.05) is 36.1 Å². The number of nitrogens with zero attached hydrogens (tertiary/aromatic N) is 5. The molecule has 3 aromatic heterocycles. The number of pyridine rings is 1. The summed E-state index contributed by atoms with van der Waals surface area (Å²) in [4.78, 5) is 21.4. The topological polar surface area (TPSA) is 131 Å². The summed E-state index contributed by atoms with van der Waals surface area (Å²) >= 11 is 0.813. The number of rotatable bonds is 4. The average molecular weight is 486 g/mol. The highest BCUT2D eigenvalue weighted by Crippen LogP contribution is 2.44. The third-order valence-electron chi connectivity index (χ3n) is 5.91. The zero-order chi connectivity index (χ0) is 22.7. The highest BCUT2D eigenvalue weighted by Gasteiger charge is 2.55. The van der Waals surface area contributed by atoms with Gasteiger partial charge in [-0.2, -0.15) is 18.2 Å². The van der Waals surface area contributed by atoms with Gasteiger partial charge < -0.3 is 15.6 Å². The Kier molecular flexibility index (Phi) is 4.87. The third-order valence-corrected chi connectivity index (χ3v) is 8.79. The Bertz CT molecular complexity index is 1300. The second-order valence-corrected chi connectivity index (χ2v) is 11.3. The lowest BCUT2D eigenvalue weighted by Gasteiger charge is -2.25. The van der Waals surface area contributed by atoms with Gasteiger partial charge >= 0.3 is 6.18 Å². The highest BCUT2D eigenvalue weighted by atomic mass is 32.2. The second-order valence-electron chi connectivity index (χ2n) is 8.09. The standard InChI is InChI=1S/C18H18F3N7O2S2/c19-18(20,21)13-11(2-1-3-23-13)31-12-4-24-14-15(25-12)27-16(26-14)28-5-10-6-32(29,30)9-17(10,7-22)8-28/h1-4,10H,5-9,22H2,(H,24,25,26,27)/t10-,17+/m0/s1. The van der Waals surface area contributed by atoms with Crippen molar-refractivity contribution in [3.05, 3.63) is 30.2 Å². The molecular formula is C18H18F3N7O2S2. The molecule has 0 spiro atoms. The third kappa shape index (κ3) is 3.69. The number of fused-ring (bicyclic) bond motifs is 2. The van der Waals surface area contributed by atoms with E-state index in [1.54, 1.807) is 0 Å². The number of anilines is 1. The van der Waals surface area contributed by atoms with E-state index in [2.05, 4.69) is 24.9 Å². The molecule has 0 unspecified atom stereocenters. The predicted molar refractivity (Wildman–Crippen MR) is 111 cm³/mol. The Labute approximate surface area is 185 Å². The van der Waals surface area contributed by atoms with Gasteiger partial charge in [-0.1, -0.05) is 11.8 Å². The molecule has 0 aromatic carbocycles. The molecule has 0 aliphatic carbocycles. The lowest BCUT2D eigenvalue weighted by molar-refractivity contribution is -0.143. The van der Waals surface area contributed by atoms with Crippen LogP contribution in [-0.4, -0.2) is 64.5 Å². The molecule has 3 aromatic rings. The van der Waals surface area contributed by atoms with Crippen LogP contribution in [-0.2, 0) is 16.0 Å². The van der Waals surface area contributed by atoms with Gasteiger partial charge in [0.15, 0.2) is 26.8 Å². The summed E-state index contributed by atoms with van der Waals surface area (Å²) in [5, 5.41) is 0.258. The van der Waals surface area contributed by atoms with Gasteiger partial charge in [-0.05, 0) is 18.1 Å². The fraction of sp³-hybridized carbons (Fsp3) is 0.444. The summed E-state index contributed by atoms with van der Waals surface area (Å²) in [7, 11) is -3.11. The zero-order valence-corrected chi connectivity index (χ0v) is 18.1. The van der Waals surface area contributed by atoms with Crippen molar-refractivity contribution < 1.29 is 21.6 Å². The minimum Gasteiger partial charge on any atom is -0.341 e. The van der Waals surface area contributed by atoms with Gasteiger partial charge in [0.1, 0.15) is 5.03 Å². The van der Waals surface area contributed by atoms with Crippen LogP contribution < -0.4 is 10.6 Å². The number of aromatic nitrogens is 5. The van der Waals surface area contributed by atoms with Crippen molar-refractivity contribution >= 4 is 38.8 Å². The second kappa shape index (κ2) is 7.28. The Morgan fingerprint density at radius 3 is 2.84 bits per heavy atom. The molecule has 2 atom stereocenters. The SMILES string of the molecule is NC[C@]12CN(c3nc4ncc(Sc5cccnc5C(F)(F)F)nc4[nH]3)C[C@H]1CS(=O)(=O)C2. The summed E-state index contributed by atoms with van der Waals surface area (Å²) in [6, 6.07) is 2.75. The molecule has 2 aliphatic heterocycles. The number of imidazole rings is 1. The van der Waals surface area contributed by atoms with Crippen molar-refractivity contribution in [2.24, 2.45) is 17.1 Å². The van der Waals surface area contributed by atoms with Crippen molar-refractivity contribution in [2.45, 2.75) is 16.1 Å². The first-order chi connectivity index (χ1) is 15.1. The maximum atomic E-state index is 13.2. The Morgan fingerprint density at radius 1 is 1.31 bits per heavy atom. The molecule has 9 nitrogen and oxygen atoms in total. The highest BCUT2D eigenvalue weighted by molar-refractivity contribution is 7.99. The van der Waals surface area contributed by atoms with Crippen LogP contribution in [0.25, 0.3) is 11.3 Å². The number of H-pyrrole nitrogens is 1. The van der Waals surface area contributed by atoms with E-state index in [9.17, 15) is 21.6 Å². The van der Waals surface area contributed by atoms with E-state index in [4.69, 9.17) is 5.73 Å². The maximum Gasteiger partial charge on any atom is 0.434 e. The fourth-order valence-electron chi connectivity index (χ4n) is 4.45. The van der Waals surface area contributed by atoms with Crippen LogP contribution in [0.15, 0.2) is 34.4 Å². The molecule has 2 aliphatic rings. The first-order valence-electron chi connectivity index (χ1n) is 9.67. The zero-order valence-electron chi connectivity index (χ0n) is 16.5. The van der Waals surface area contributed by atoms with Crippen LogP contribution in [0.1, 0.15) is 5.69 Å². The lowest BCUT2D eigenvalue weighted by Crippen LogP contribution is -2.39. The van der Waals surface area contributed by atoms with Gasteiger partial charge in [0.25, 0.3) is 0 Å². The van der Waals surface area contributed by atoms with Crippen LogP contribution in [0, 0.1) is 11.3 Å². The molecule has 0 bridgehead atoms. The summed E-state index contributed by atoms with van der Waals surface area (Å²) in [5.41, 5.74) is 5.10. The van der Waals surface area contributed by atoms with E-state index < -0.39 is 27.1 Å². The fourth-order valence-corrected chi connectivity index (χ4v) is 7.84. The van der Waals surface area contributed by atoms with Crippen molar-refractivity contribution in [1.29, 1.82) is 0 Å². The molecule has 0 amide bonds. The number of alkyl halides is 3. The molecule has 2 saturated heterocycles. The minimum absolute atomic E-state index is 0.0574. The minimum atomic E-state index is -4.58. The Morgan fingerprint density at radius 2 is 2.12 bits per heavy atom. The van der Waals surface area contributed by atoms with Crippen molar-refractivity contribution in [3.8, 4) is 0 Å². The van der Waals surface area contributed by atoms with Crippen LogP contribution in [0.3, 0.4) is 0 Å². The van der Waals surface area contributed by atoms with Crippen LogP contribution in [0.2, 0.25) is 0 Å². The van der Waals surface area contributed by atoms with Gasteiger partial charge in [-0.15, -0.1) is 0 Å². The Hall–Kier alpha value is -2.45. The number of halogens is 3. The summed E-state index contributed by atoms with van der Waals surface area (Å²) in [5.74, 6) is 0.565. The van der Waals surface area contributed by atoms with Crippen LogP contribution in [0.4, 0.5) is 19.1 Å². The molecule has 0 radical (unpaired) electrons. The monoisotopic (exact) mass is 485 g/mol. The maximum absolute atomic E-state index is 13.2. The van der Waals surface area contributed by atoms with E-state index in [1.165, 1.54) is 18.3 Å². The van der Waals surface area contributed by atoms with Crippen LogP contribution >= 0.6 is 11.8 Å². The first-order valence-corrected chi connectivity index (χ1v) is 12.3. The summed E-state index contributed by atoms with van der Waals surface area (Å²) in [6.45, 7) is 1.19. The summed E-state index contributed by atoms with van der Waals surface area (Å²) in [6.07, 6.45) is -2.13. The smallest absolute Gasteiger partial charge is 0.341 e. The molecule has 5 heterocycles. The molecule has 2 fully saturated rings. The van der Waals surface area contributed by atoms with Gasteiger partial charge in [-0.25, -0.2) is 18.4 Å². The van der Waals surface area contributed by atoms with Gasteiger partial charge in [0.2, 0.25) is 5.95 Å². The number of hydrogen-bond donors (Lipinski definition) is 2. The number of nitrogens with one attached hydrogen (secondary N) is 1. The quantitative estimate of drug-likeness (QED) is 0.567. The van der Waals surface area contributed by atoms with Gasteiger partial charge in [-0.3, -0.25) is 4.98 Å². The molecule has 14 heteroatoms. The van der Waals surface area contributed by atoms with E-state index in [0.717, 1.165) is 18.0 Å². The van der Waals surface area contributed by atoms with Crippen molar-refractivity contribution in [3.63, 3.8) is 0 Å². The van der Waals surface area contributed by atoms with Crippen molar-refractivity contribution in [1.82, 2.24) is 24.9 Å². The van der Waals surface area contributed by atoms with E-state index in [0.29, 0.717) is 30.3 Å². The summed E-state index contributed by atoms with van der Waals surface area (Å²) < 4.78 is 63.8. The normalized spacial score (nSPS) is 24.9. The van der Waals surface area contributed by atoms with Crippen molar-refractivity contribution in [2.75, 3.05) is 36.0 Å². The molecule has 5 rings (SSSR count). The molecule has 3 N–H and O–H groups in total. The lowest BCUT2D eigenvalue weighted by atomic mass is 9.81. The van der Waals surface area contributed by atoms with E-state index in [1.807, 2.05) is 4.90 Å². The Balaban J connectivity index is 1.41.